The van der Waals surface area contributed by atoms with Crippen molar-refractivity contribution in [3.63, 3.8) is 0 Å². The Kier molecular flexibility index (Phi) is 6.99. The molecule has 2 aromatic heterocycles. The first-order valence-electron chi connectivity index (χ1n) is 16.2. The van der Waals surface area contributed by atoms with Gasteiger partial charge in [-0.2, -0.15) is 26.3 Å². The molecule has 0 saturated heterocycles. The van der Waals surface area contributed by atoms with E-state index in [2.05, 4.69) is 0 Å². The lowest BCUT2D eigenvalue weighted by atomic mass is 9.95. The Morgan fingerprint density at radius 1 is 0.420 bits per heavy atom. The summed E-state index contributed by atoms with van der Waals surface area (Å²) in [6, 6.07) is 29.9. The molecule has 0 spiro atoms. The maximum Gasteiger partial charge on any atom is 0.420 e. The molecule has 2 nitrogen and oxygen atoms in total. The number of halogens is 6. The Morgan fingerprint density at radius 3 is 1.12 bits per heavy atom. The molecule has 250 valence electrons. The van der Waals surface area contributed by atoms with E-state index in [1.165, 1.54) is 30.3 Å². The van der Waals surface area contributed by atoms with Crippen LogP contribution in [-0.2, 0) is 12.4 Å². The summed E-state index contributed by atoms with van der Waals surface area (Å²) in [5, 5.41) is 3.01. The average Bonchev–Trinajstić information content (AvgIpc) is 3.60. The van der Waals surface area contributed by atoms with Crippen LogP contribution in [-0.4, -0.2) is 9.13 Å². The Balaban J connectivity index is 1.67. The first-order valence-corrected chi connectivity index (χ1v) is 16.2. The van der Waals surface area contributed by atoms with Crippen molar-refractivity contribution in [2.24, 2.45) is 0 Å². The number of hydrogen-bond acceptors (Lipinski definition) is 0. The van der Waals surface area contributed by atoms with Crippen LogP contribution in [0.4, 0.5) is 26.3 Å². The molecule has 0 radical (unpaired) electrons. The van der Waals surface area contributed by atoms with Gasteiger partial charge < -0.3 is 9.13 Å². The van der Waals surface area contributed by atoms with Gasteiger partial charge in [0.1, 0.15) is 5.56 Å². The van der Waals surface area contributed by atoms with Crippen LogP contribution < -0.4 is 0 Å². The Labute approximate surface area is 283 Å². The maximum absolute atomic E-state index is 16.1. The predicted octanol–water partition coefficient (Wildman–Crippen LogP) is 12.8. The number of rotatable bonds is 3. The summed E-state index contributed by atoms with van der Waals surface area (Å²) in [6.45, 7) is 7.35. The number of aryl methyl sites for hydroxylation is 4. The van der Waals surface area contributed by atoms with Crippen molar-refractivity contribution >= 4 is 43.6 Å². The van der Waals surface area contributed by atoms with E-state index in [0.29, 0.717) is 22.1 Å². The average molecular weight is 677 g/mol. The van der Waals surface area contributed by atoms with E-state index in [0.717, 1.165) is 49.9 Å². The number of hydrogen-bond donors (Lipinski definition) is 0. The number of alkyl halides is 6. The molecule has 2 heterocycles. The maximum atomic E-state index is 16.1. The smallest absolute Gasteiger partial charge is 0.308 e. The van der Waals surface area contributed by atoms with E-state index in [1.54, 1.807) is 9.13 Å². The molecule has 8 heteroatoms. The summed E-state index contributed by atoms with van der Waals surface area (Å²) in [5.41, 5.74) is 2.61. The highest BCUT2D eigenvalue weighted by Crippen LogP contribution is 2.48. The van der Waals surface area contributed by atoms with E-state index in [1.807, 2.05) is 100 Å². The third-order valence-corrected chi connectivity index (χ3v) is 9.83. The minimum Gasteiger partial charge on any atom is -0.308 e. The summed E-state index contributed by atoms with van der Waals surface area (Å²) < 4.78 is 95.3. The zero-order chi connectivity index (χ0) is 35.3. The molecule has 0 aliphatic rings. The summed E-state index contributed by atoms with van der Waals surface area (Å²) in [7, 11) is 0. The fourth-order valence-corrected chi connectivity index (χ4v) is 7.79. The molecule has 0 bridgehead atoms. The molecule has 0 atom stereocenters. The fourth-order valence-electron chi connectivity index (χ4n) is 7.79. The van der Waals surface area contributed by atoms with Crippen molar-refractivity contribution in [1.29, 1.82) is 0 Å². The van der Waals surface area contributed by atoms with E-state index >= 15 is 13.2 Å². The lowest BCUT2D eigenvalue weighted by Crippen LogP contribution is -2.17. The zero-order valence-electron chi connectivity index (χ0n) is 27.6. The SMILES string of the molecule is Cc1cccc2c3cccc(C)c3n(-c3cc(-c4ccccc4C(F)(F)F)cc(-n4c5c(C)cccc5c5cccc(C)c54)c3C(F)(F)F)c12. The molecular weight excluding hydrogens is 646 g/mol. The molecule has 0 N–H and O–H groups in total. The van der Waals surface area contributed by atoms with E-state index < -0.39 is 23.5 Å². The molecule has 6 aromatic carbocycles. The van der Waals surface area contributed by atoms with Gasteiger partial charge in [-0.15, -0.1) is 0 Å². The van der Waals surface area contributed by atoms with Gasteiger partial charge in [0.05, 0.1) is 39.0 Å². The van der Waals surface area contributed by atoms with Crippen LogP contribution in [0.25, 0.3) is 66.1 Å². The minimum atomic E-state index is -4.92. The summed E-state index contributed by atoms with van der Waals surface area (Å²) in [4.78, 5) is 0. The van der Waals surface area contributed by atoms with Crippen molar-refractivity contribution in [2.45, 2.75) is 40.0 Å². The highest BCUT2D eigenvalue weighted by molar-refractivity contribution is 6.13. The zero-order valence-corrected chi connectivity index (χ0v) is 27.6. The van der Waals surface area contributed by atoms with Crippen LogP contribution in [0.1, 0.15) is 33.4 Å². The molecule has 0 fully saturated rings. The van der Waals surface area contributed by atoms with Crippen LogP contribution in [0.2, 0.25) is 0 Å². The molecule has 0 aliphatic carbocycles. The van der Waals surface area contributed by atoms with Gasteiger partial charge in [-0.1, -0.05) is 91.0 Å². The lowest BCUT2D eigenvalue weighted by Gasteiger charge is -2.25. The monoisotopic (exact) mass is 676 g/mol. The molecule has 0 saturated carbocycles. The third kappa shape index (κ3) is 4.65. The van der Waals surface area contributed by atoms with Crippen LogP contribution in [0.15, 0.2) is 109 Å². The molecule has 0 unspecified atom stereocenters. The first kappa shape index (κ1) is 31.7. The molecular formula is C42H30F6N2. The highest BCUT2D eigenvalue weighted by atomic mass is 19.4. The van der Waals surface area contributed by atoms with Gasteiger partial charge >= 0.3 is 12.4 Å². The van der Waals surface area contributed by atoms with Crippen molar-refractivity contribution in [3.8, 4) is 22.5 Å². The van der Waals surface area contributed by atoms with Crippen molar-refractivity contribution in [2.75, 3.05) is 0 Å². The number of para-hydroxylation sites is 4. The second-order valence-electron chi connectivity index (χ2n) is 13.0. The van der Waals surface area contributed by atoms with E-state index in [-0.39, 0.29) is 22.5 Å². The Hall–Kier alpha value is -5.50. The number of nitrogens with zero attached hydrogens (tertiary/aromatic N) is 2. The quantitative estimate of drug-likeness (QED) is 0.165. The first-order chi connectivity index (χ1) is 23.8. The minimum absolute atomic E-state index is 0.0188. The number of aromatic nitrogens is 2. The van der Waals surface area contributed by atoms with Gasteiger partial charge in [0.2, 0.25) is 0 Å². The van der Waals surface area contributed by atoms with Gasteiger partial charge in [-0.05, 0) is 79.3 Å². The van der Waals surface area contributed by atoms with Gasteiger partial charge in [0.15, 0.2) is 0 Å². The second kappa shape index (κ2) is 11.0. The Morgan fingerprint density at radius 2 is 0.780 bits per heavy atom. The second-order valence-corrected chi connectivity index (χ2v) is 13.0. The highest BCUT2D eigenvalue weighted by Gasteiger charge is 2.41. The molecule has 50 heavy (non-hydrogen) atoms. The molecule has 0 amide bonds. The topological polar surface area (TPSA) is 9.86 Å². The van der Waals surface area contributed by atoms with Gasteiger partial charge in [0.25, 0.3) is 0 Å². The third-order valence-electron chi connectivity index (χ3n) is 9.83. The number of fused-ring (bicyclic) bond motifs is 6. The lowest BCUT2D eigenvalue weighted by molar-refractivity contribution is -0.138. The van der Waals surface area contributed by atoms with Crippen LogP contribution in [0.5, 0.6) is 0 Å². The largest absolute Gasteiger partial charge is 0.420 e. The van der Waals surface area contributed by atoms with Crippen molar-refractivity contribution < 1.29 is 26.3 Å². The fraction of sp³-hybridized carbons (Fsp3) is 0.143. The van der Waals surface area contributed by atoms with Crippen LogP contribution in [0.3, 0.4) is 0 Å². The van der Waals surface area contributed by atoms with Crippen LogP contribution in [0, 0.1) is 27.7 Å². The van der Waals surface area contributed by atoms with Gasteiger partial charge in [-0.3, -0.25) is 0 Å². The predicted molar refractivity (Wildman–Crippen MR) is 190 cm³/mol. The van der Waals surface area contributed by atoms with Crippen molar-refractivity contribution in [3.05, 3.63) is 143 Å². The number of benzene rings is 6. The molecule has 8 aromatic rings. The normalized spacial score (nSPS) is 12.6. The van der Waals surface area contributed by atoms with E-state index in [4.69, 9.17) is 0 Å². The summed E-state index contributed by atoms with van der Waals surface area (Å²) in [6.07, 6.45) is -9.67. The van der Waals surface area contributed by atoms with Crippen LogP contribution >= 0.6 is 0 Å². The van der Waals surface area contributed by atoms with E-state index in [9.17, 15) is 13.2 Å². The van der Waals surface area contributed by atoms with Crippen molar-refractivity contribution in [1.82, 2.24) is 9.13 Å². The molecule has 8 rings (SSSR count). The molecule has 0 aliphatic heterocycles. The van der Waals surface area contributed by atoms with Gasteiger partial charge in [0, 0.05) is 21.5 Å². The summed E-state index contributed by atoms with van der Waals surface area (Å²) >= 11 is 0. The van der Waals surface area contributed by atoms with Gasteiger partial charge in [-0.25, -0.2) is 0 Å². The Bertz CT molecular complexity index is 2400. The standard InChI is InChI=1S/C42H30F6N2/c1-23-11-7-16-29-30-17-8-12-24(2)38(30)49(37(23)29)34-21-27(28-15-5-6-20-33(28)41(43,44)45)22-35(36(34)42(46,47)48)50-39-25(3)13-9-18-31(39)32-19-10-14-26(4)40(32)50/h5-22H,1-4H3. The summed E-state index contributed by atoms with van der Waals surface area (Å²) in [5.74, 6) is 0.